The van der Waals surface area contributed by atoms with Crippen LogP contribution in [-0.2, 0) is 9.53 Å². The predicted octanol–water partition coefficient (Wildman–Crippen LogP) is 1.18. The summed E-state index contributed by atoms with van der Waals surface area (Å²) < 4.78 is 4.58. The van der Waals surface area contributed by atoms with Crippen LogP contribution in [0.5, 0.6) is 0 Å². The standard InChI is InChI=1S/C9H13NO3/c1-3-5-6-8(10-12)9(11)13-7-4-2/h2,12H,3,5-7H2,1H3/b10-8+. The summed E-state index contributed by atoms with van der Waals surface area (Å²) in [6.45, 7) is 1.88. The number of hydrogen-bond donors (Lipinski definition) is 1. The highest BCUT2D eigenvalue weighted by Gasteiger charge is 2.12. The average molecular weight is 183 g/mol. The van der Waals surface area contributed by atoms with Gasteiger partial charge in [-0.05, 0) is 6.42 Å². The van der Waals surface area contributed by atoms with Crippen LogP contribution >= 0.6 is 0 Å². The van der Waals surface area contributed by atoms with E-state index in [9.17, 15) is 4.79 Å². The Bertz CT molecular complexity index is 228. The molecule has 0 fully saturated rings. The number of terminal acetylenes is 1. The summed E-state index contributed by atoms with van der Waals surface area (Å²) in [5.41, 5.74) is 0.0251. The number of ether oxygens (including phenoxy) is 1. The molecule has 0 saturated carbocycles. The van der Waals surface area contributed by atoms with Crippen LogP contribution in [0.2, 0.25) is 0 Å². The van der Waals surface area contributed by atoms with Gasteiger partial charge < -0.3 is 9.94 Å². The fraction of sp³-hybridized carbons (Fsp3) is 0.556. The lowest BCUT2D eigenvalue weighted by atomic mass is 10.2. The van der Waals surface area contributed by atoms with Crippen LogP contribution in [0, 0.1) is 12.3 Å². The van der Waals surface area contributed by atoms with E-state index in [1.807, 2.05) is 6.92 Å². The summed E-state index contributed by atoms with van der Waals surface area (Å²) in [6, 6.07) is 0. The first-order chi connectivity index (χ1) is 6.26. The largest absolute Gasteiger partial charge is 0.448 e. The lowest BCUT2D eigenvalue weighted by Gasteiger charge is -2.01. The van der Waals surface area contributed by atoms with Gasteiger partial charge >= 0.3 is 5.97 Å². The Hall–Kier alpha value is -1.50. The number of carbonyl (C=O) groups is 1. The average Bonchev–Trinajstić information content (AvgIpc) is 2.16. The van der Waals surface area contributed by atoms with Crippen molar-refractivity contribution in [2.45, 2.75) is 26.2 Å². The van der Waals surface area contributed by atoms with E-state index in [4.69, 9.17) is 11.6 Å². The molecular formula is C9H13NO3. The minimum atomic E-state index is -0.645. The van der Waals surface area contributed by atoms with Crippen molar-refractivity contribution < 1.29 is 14.7 Å². The van der Waals surface area contributed by atoms with Gasteiger partial charge in [0.25, 0.3) is 0 Å². The van der Waals surface area contributed by atoms with Crippen molar-refractivity contribution in [1.29, 1.82) is 0 Å². The second-order valence-electron chi connectivity index (χ2n) is 2.43. The van der Waals surface area contributed by atoms with Gasteiger partial charge in [0, 0.05) is 6.42 Å². The number of hydrogen-bond acceptors (Lipinski definition) is 4. The molecule has 0 amide bonds. The Labute approximate surface area is 77.6 Å². The Morgan fingerprint density at radius 3 is 2.85 bits per heavy atom. The Kier molecular flexibility index (Phi) is 6.34. The van der Waals surface area contributed by atoms with E-state index < -0.39 is 5.97 Å². The molecule has 4 heteroatoms. The fourth-order valence-electron chi connectivity index (χ4n) is 0.728. The second kappa shape index (κ2) is 7.17. The molecular weight excluding hydrogens is 170 g/mol. The first kappa shape index (κ1) is 11.5. The van der Waals surface area contributed by atoms with E-state index in [-0.39, 0.29) is 12.3 Å². The quantitative estimate of drug-likeness (QED) is 0.229. The summed E-state index contributed by atoms with van der Waals surface area (Å²) in [4.78, 5) is 11.0. The normalized spacial score (nSPS) is 10.6. The van der Waals surface area contributed by atoms with Gasteiger partial charge in [-0.3, -0.25) is 0 Å². The summed E-state index contributed by atoms with van der Waals surface area (Å²) in [5, 5.41) is 11.3. The van der Waals surface area contributed by atoms with Crippen LogP contribution in [0.15, 0.2) is 5.16 Å². The molecule has 0 aliphatic rings. The van der Waals surface area contributed by atoms with E-state index in [0.717, 1.165) is 12.8 Å². The molecule has 4 nitrogen and oxygen atoms in total. The van der Waals surface area contributed by atoms with Gasteiger partial charge in [0.15, 0.2) is 12.3 Å². The third-order valence-electron chi connectivity index (χ3n) is 1.41. The van der Waals surface area contributed by atoms with Crippen molar-refractivity contribution in [1.82, 2.24) is 0 Å². The van der Waals surface area contributed by atoms with Crippen molar-refractivity contribution in [3.63, 3.8) is 0 Å². The fourth-order valence-corrected chi connectivity index (χ4v) is 0.728. The molecule has 0 spiro atoms. The van der Waals surface area contributed by atoms with Gasteiger partial charge in [-0.2, -0.15) is 0 Å². The molecule has 0 unspecified atom stereocenters. The molecule has 0 bridgehead atoms. The molecule has 0 aliphatic heterocycles. The molecule has 0 aliphatic carbocycles. The number of unbranched alkanes of at least 4 members (excludes halogenated alkanes) is 1. The molecule has 1 N–H and O–H groups in total. The van der Waals surface area contributed by atoms with Crippen molar-refractivity contribution in [3.05, 3.63) is 0 Å². The number of esters is 1. The van der Waals surface area contributed by atoms with E-state index >= 15 is 0 Å². The van der Waals surface area contributed by atoms with E-state index in [0.29, 0.717) is 6.42 Å². The lowest BCUT2D eigenvalue weighted by molar-refractivity contribution is -0.134. The Morgan fingerprint density at radius 1 is 1.69 bits per heavy atom. The number of rotatable bonds is 5. The number of nitrogens with zero attached hydrogens (tertiary/aromatic N) is 1. The zero-order valence-corrected chi connectivity index (χ0v) is 7.62. The zero-order valence-electron chi connectivity index (χ0n) is 7.62. The molecule has 0 saturated heterocycles. The van der Waals surface area contributed by atoms with Crippen molar-refractivity contribution >= 4 is 11.7 Å². The maximum Gasteiger partial charge on any atom is 0.357 e. The smallest absolute Gasteiger partial charge is 0.357 e. The number of oxime groups is 1. The zero-order chi connectivity index (χ0) is 10.1. The molecule has 13 heavy (non-hydrogen) atoms. The van der Waals surface area contributed by atoms with Gasteiger partial charge in [-0.1, -0.05) is 24.4 Å². The second-order valence-corrected chi connectivity index (χ2v) is 2.43. The topological polar surface area (TPSA) is 58.9 Å². The van der Waals surface area contributed by atoms with E-state index in [1.165, 1.54) is 0 Å². The third kappa shape index (κ3) is 4.86. The molecule has 72 valence electrons. The van der Waals surface area contributed by atoms with Crippen LogP contribution in [0.3, 0.4) is 0 Å². The molecule has 0 aromatic rings. The van der Waals surface area contributed by atoms with E-state index in [1.54, 1.807) is 0 Å². The molecule has 0 rings (SSSR count). The summed E-state index contributed by atoms with van der Waals surface area (Å²) >= 11 is 0. The first-order valence-electron chi connectivity index (χ1n) is 4.07. The predicted molar refractivity (Wildman–Crippen MR) is 48.5 cm³/mol. The molecule has 0 heterocycles. The van der Waals surface area contributed by atoms with Gasteiger partial charge in [0.1, 0.15) is 0 Å². The molecule has 0 radical (unpaired) electrons. The van der Waals surface area contributed by atoms with Gasteiger partial charge in [-0.15, -0.1) is 6.42 Å². The SMILES string of the molecule is C#CCOC(=O)/C(CCCC)=N/O. The van der Waals surface area contributed by atoms with Crippen LogP contribution in [-0.4, -0.2) is 23.5 Å². The minimum absolute atomic E-state index is 0.0251. The Morgan fingerprint density at radius 2 is 2.38 bits per heavy atom. The third-order valence-corrected chi connectivity index (χ3v) is 1.41. The molecule has 0 aromatic heterocycles. The highest BCUT2D eigenvalue weighted by Crippen LogP contribution is 1.98. The maximum absolute atomic E-state index is 11.0. The van der Waals surface area contributed by atoms with Crippen LogP contribution in [0.25, 0.3) is 0 Å². The minimum Gasteiger partial charge on any atom is -0.448 e. The summed E-state index contributed by atoms with van der Waals surface area (Å²) in [6.07, 6.45) is 7.00. The van der Waals surface area contributed by atoms with Crippen LogP contribution in [0.4, 0.5) is 0 Å². The molecule has 0 atom stereocenters. The summed E-state index contributed by atoms with van der Waals surface area (Å²) in [7, 11) is 0. The summed E-state index contributed by atoms with van der Waals surface area (Å²) in [5.74, 6) is 1.51. The highest BCUT2D eigenvalue weighted by atomic mass is 16.5. The monoisotopic (exact) mass is 183 g/mol. The van der Waals surface area contributed by atoms with Crippen molar-refractivity contribution in [2.75, 3.05) is 6.61 Å². The van der Waals surface area contributed by atoms with Crippen molar-refractivity contribution in [3.8, 4) is 12.3 Å². The highest BCUT2D eigenvalue weighted by molar-refractivity contribution is 6.36. The first-order valence-corrected chi connectivity index (χ1v) is 4.07. The molecule has 0 aromatic carbocycles. The Balaban J connectivity index is 3.95. The van der Waals surface area contributed by atoms with Gasteiger partial charge in [0.2, 0.25) is 0 Å². The van der Waals surface area contributed by atoms with Crippen molar-refractivity contribution in [2.24, 2.45) is 5.16 Å². The van der Waals surface area contributed by atoms with Gasteiger partial charge in [0.05, 0.1) is 0 Å². The maximum atomic E-state index is 11.0. The van der Waals surface area contributed by atoms with E-state index in [2.05, 4.69) is 15.8 Å². The number of carbonyl (C=O) groups excluding carboxylic acids is 1. The van der Waals surface area contributed by atoms with Crippen LogP contribution < -0.4 is 0 Å². The van der Waals surface area contributed by atoms with Gasteiger partial charge in [-0.25, -0.2) is 4.79 Å². The van der Waals surface area contributed by atoms with Crippen LogP contribution in [0.1, 0.15) is 26.2 Å². The lowest BCUT2D eigenvalue weighted by Crippen LogP contribution is -2.17.